The molecule has 0 aromatic carbocycles. The van der Waals surface area contributed by atoms with E-state index in [0.717, 1.165) is 26.2 Å². The first-order chi connectivity index (χ1) is 9.11. The maximum Gasteiger partial charge on any atom is 0.229 e. The first-order valence-corrected chi connectivity index (χ1v) is 7.26. The highest BCUT2D eigenvalue weighted by molar-refractivity contribution is 5.97. The Hall–Kier alpha value is -0.940. The molecule has 0 bridgehead atoms. The predicted molar refractivity (Wildman–Crippen MR) is 71.5 cm³/mol. The lowest BCUT2D eigenvalue weighted by atomic mass is 9.94. The number of rotatable bonds is 5. The standard InChI is InChI=1S/C14H24N2O3/c1-3-15-12(11-4-5-19-9-11)8-16-13(17)6-10(2)7-14(16)18/h10-12,15H,3-9H2,1-2H3. The molecule has 0 spiro atoms. The van der Waals surface area contributed by atoms with Gasteiger partial charge in [-0.25, -0.2) is 0 Å². The first kappa shape index (κ1) is 14.5. The summed E-state index contributed by atoms with van der Waals surface area (Å²) in [7, 11) is 0. The summed E-state index contributed by atoms with van der Waals surface area (Å²) in [4.78, 5) is 25.5. The zero-order chi connectivity index (χ0) is 13.8. The zero-order valence-corrected chi connectivity index (χ0v) is 11.9. The summed E-state index contributed by atoms with van der Waals surface area (Å²) in [6.45, 7) is 6.85. The third-order valence-electron chi connectivity index (χ3n) is 4.03. The minimum Gasteiger partial charge on any atom is -0.381 e. The van der Waals surface area contributed by atoms with Crippen molar-refractivity contribution in [1.29, 1.82) is 0 Å². The van der Waals surface area contributed by atoms with Crippen molar-refractivity contribution < 1.29 is 14.3 Å². The number of carbonyl (C=O) groups is 2. The van der Waals surface area contributed by atoms with Crippen molar-refractivity contribution in [2.75, 3.05) is 26.3 Å². The number of nitrogens with one attached hydrogen (secondary N) is 1. The van der Waals surface area contributed by atoms with E-state index in [1.54, 1.807) is 0 Å². The Labute approximate surface area is 114 Å². The monoisotopic (exact) mass is 268 g/mol. The van der Waals surface area contributed by atoms with Gasteiger partial charge in [-0.3, -0.25) is 14.5 Å². The number of ether oxygens (including phenoxy) is 1. The third-order valence-corrected chi connectivity index (χ3v) is 4.03. The summed E-state index contributed by atoms with van der Waals surface area (Å²) < 4.78 is 5.42. The summed E-state index contributed by atoms with van der Waals surface area (Å²) in [5.41, 5.74) is 0. The average Bonchev–Trinajstić information content (AvgIpc) is 2.85. The number of amides is 2. The van der Waals surface area contributed by atoms with Crippen LogP contribution in [-0.2, 0) is 14.3 Å². The lowest BCUT2D eigenvalue weighted by Crippen LogP contribution is -2.52. The minimum absolute atomic E-state index is 0.0226. The van der Waals surface area contributed by atoms with E-state index in [1.807, 2.05) is 13.8 Å². The molecule has 2 saturated heterocycles. The van der Waals surface area contributed by atoms with Crippen molar-refractivity contribution in [3.05, 3.63) is 0 Å². The Bertz CT molecular complexity index is 322. The fourth-order valence-corrected chi connectivity index (χ4v) is 2.94. The van der Waals surface area contributed by atoms with E-state index < -0.39 is 0 Å². The minimum atomic E-state index is -0.0226. The summed E-state index contributed by atoms with van der Waals surface area (Å²) in [6.07, 6.45) is 1.99. The number of piperidine rings is 1. The van der Waals surface area contributed by atoms with Gasteiger partial charge in [0.15, 0.2) is 0 Å². The van der Waals surface area contributed by atoms with Crippen LogP contribution in [0.2, 0.25) is 0 Å². The number of hydrogen-bond donors (Lipinski definition) is 1. The number of hydrogen-bond acceptors (Lipinski definition) is 4. The van der Waals surface area contributed by atoms with Crippen molar-refractivity contribution in [3.8, 4) is 0 Å². The molecule has 2 aliphatic heterocycles. The predicted octanol–water partition coefficient (Wildman–Crippen LogP) is 0.786. The van der Waals surface area contributed by atoms with Gasteiger partial charge in [-0.05, 0) is 18.9 Å². The molecule has 5 nitrogen and oxygen atoms in total. The van der Waals surface area contributed by atoms with Crippen LogP contribution in [-0.4, -0.2) is 49.1 Å². The highest BCUT2D eigenvalue weighted by atomic mass is 16.5. The molecule has 2 amide bonds. The third kappa shape index (κ3) is 3.54. The van der Waals surface area contributed by atoms with Crippen LogP contribution in [0.1, 0.15) is 33.1 Å². The van der Waals surface area contributed by atoms with Gasteiger partial charge in [-0.2, -0.15) is 0 Å². The second-order valence-electron chi connectivity index (χ2n) is 5.70. The molecule has 108 valence electrons. The topological polar surface area (TPSA) is 58.6 Å². The molecule has 2 rings (SSSR count). The quantitative estimate of drug-likeness (QED) is 0.749. The highest BCUT2D eigenvalue weighted by Crippen LogP contribution is 2.22. The van der Waals surface area contributed by atoms with E-state index >= 15 is 0 Å². The van der Waals surface area contributed by atoms with Gasteiger partial charge in [0, 0.05) is 38.0 Å². The van der Waals surface area contributed by atoms with E-state index in [9.17, 15) is 9.59 Å². The molecular weight excluding hydrogens is 244 g/mol. The second kappa shape index (κ2) is 6.48. The number of likely N-dealkylation sites (N-methyl/N-ethyl adjacent to an activating group) is 1. The Morgan fingerprint density at radius 3 is 2.58 bits per heavy atom. The number of imide groups is 1. The van der Waals surface area contributed by atoms with Gasteiger partial charge < -0.3 is 10.1 Å². The molecule has 2 unspecified atom stereocenters. The number of carbonyl (C=O) groups excluding carboxylic acids is 2. The highest BCUT2D eigenvalue weighted by Gasteiger charge is 2.34. The maximum atomic E-state index is 12.0. The van der Waals surface area contributed by atoms with Gasteiger partial charge in [-0.1, -0.05) is 13.8 Å². The smallest absolute Gasteiger partial charge is 0.229 e. The maximum absolute atomic E-state index is 12.0. The Balaban J connectivity index is 1.99. The fourth-order valence-electron chi connectivity index (χ4n) is 2.94. The van der Waals surface area contributed by atoms with Crippen molar-refractivity contribution in [3.63, 3.8) is 0 Å². The van der Waals surface area contributed by atoms with Gasteiger partial charge in [0.1, 0.15) is 0 Å². The molecule has 2 fully saturated rings. The van der Waals surface area contributed by atoms with E-state index in [1.165, 1.54) is 4.90 Å². The molecule has 1 N–H and O–H groups in total. The SMILES string of the molecule is CCNC(CN1C(=O)CC(C)CC1=O)C1CCOC1. The zero-order valence-electron chi connectivity index (χ0n) is 11.9. The first-order valence-electron chi connectivity index (χ1n) is 7.26. The summed E-state index contributed by atoms with van der Waals surface area (Å²) in [6, 6.07) is 0.161. The summed E-state index contributed by atoms with van der Waals surface area (Å²) >= 11 is 0. The van der Waals surface area contributed by atoms with Crippen molar-refractivity contribution in [1.82, 2.24) is 10.2 Å². The largest absolute Gasteiger partial charge is 0.381 e. The van der Waals surface area contributed by atoms with E-state index in [2.05, 4.69) is 5.32 Å². The van der Waals surface area contributed by atoms with Gasteiger partial charge >= 0.3 is 0 Å². The second-order valence-corrected chi connectivity index (χ2v) is 5.70. The van der Waals surface area contributed by atoms with Gasteiger partial charge in [0.05, 0.1) is 6.61 Å². The van der Waals surface area contributed by atoms with Gasteiger partial charge in [0.2, 0.25) is 11.8 Å². The molecule has 0 aromatic heterocycles. The summed E-state index contributed by atoms with van der Waals surface area (Å²) in [5, 5.41) is 3.40. The van der Waals surface area contributed by atoms with Crippen molar-refractivity contribution >= 4 is 11.8 Å². The van der Waals surface area contributed by atoms with Crippen LogP contribution in [0.25, 0.3) is 0 Å². The molecule has 0 aromatic rings. The van der Waals surface area contributed by atoms with Crippen LogP contribution >= 0.6 is 0 Å². The Kier molecular flexibility index (Phi) is 4.93. The van der Waals surface area contributed by atoms with Crippen molar-refractivity contribution in [2.24, 2.45) is 11.8 Å². The van der Waals surface area contributed by atoms with Gasteiger partial charge in [-0.15, -0.1) is 0 Å². The Morgan fingerprint density at radius 2 is 2.05 bits per heavy atom. The van der Waals surface area contributed by atoms with Crippen molar-refractivity contribution in [2.45, 2.75) is 39.2 Å². The average molecular weight is 268 g/mol. The van der Waals surface area contributed by atoms with E-state index in [-0.39, 0.29) is 23.8 Å². The molecule has 2 heterocycles. The molecule has 2 aliphatic rings. The number of nitrogens with zero attached hydrogens (tertiary/aromatic N) is 1. The van der Waals surface area contributed by atoms with Gasteiger partial charge in [0.25, 0.3) is 0 Å². The molecule has 5 heteroatoms. The number of likely N-dealkylation sites (tertiary alicyclic amines) is 1. The lowest BCUT2D eigenvalue weighted by molar-refractivity contribution is -0.150. The van der Waals surface area contributed by atoms with Crippen LogP contribution in [0, 0.1) is 11.8 Å². The van der Waals surface area contributed by atoms with Crippen LogP contribution < -0.4 is 5.32 Å². The fraction of sp³-hybridized carbons (Fsp3) is 0.857. The van der Waals surface area contributed by atoms with E-state index in [0.29, 0.717) is 25.3 Å². The molecule has 0 radical (unpaired) electrons. The van der Waals surface area contributed by atoms with Crippen LogP contribution in [0.5, 0.6) is 0 Å². The normalized spacial score (nSPS) is 27.1. The molecular formula is C14H24N2O3. The molecule has 0 saturated carbocycles. The van der Waals surface area contributed by atoms with E-state index in [4.69, 9.17) is 4.74 Å². The molecule has 19 heavy (non-hydrogen) atoms. The lowest BCUT2D eigenvalue weighted by Gasteiger charge is -2.33. The van der Waals surface area contributed by atoms with Crippen LogP contribution in [0.15, 0.2) is 0 Å². The van der Waals surface area contributed by atoms with Crippen LogP contribution in [0.3, 0.4) is 0 Å². The molecule has 2 atom stereocenters. The van der Waals surface area contributed by atoms with Crippen LogP contribution in [0.4, 0.5) is 0 Å². The Morgan fingerprint density at radius 1 is 1.37 bits per heavy atom. The summed E-state index contributed by atoms with van der Waals surface area (Å²) in [5.74, 6) is 0.541. The molecule has 0 aliphatic carbocycles.